The van der Waals surface area contributed by atoms with Gasteiger partial charge in [0, 0.05) is 43.7 Å². The molecular formula is C15H20N4OS. The van der Waals surface area contributed by atoms with Crippen molar-refractivity contribution in [3.63, 3.8) is 0 Å². The molecule has 2 aromatic rings. The SMILES string of the molecule is Cc1csc(CCNC(=O)c2ccc(N(C)C)c(N)c2)n1. The minimum absolute atomic E-state index is 0.111. The van der Waals surface area contributed by atoms with Gasteiger partial charge in [-0.2, -0.15) is 0 Å². The molecule has 1 amide bonds. The molecule has 0 aliphatic carbocycles. The quantitative estimate of drug-likeness (QED) is 0.830. The molecule has 6 heteroatoms. The minimum atomic E-state index is -0.111. The van der Waals surface area contributed by atoms with Crippen molar-refractivity contribution in [3.05, 3.63) is 39.8 Å². The number of aryl methyl sites for hydroxylation is 1. The van der Waals surface area contributed by atoms with Crippen molar-refractivity contribution in [2.45, 2.75) is 13.3 Å². The van der Waals surface area contributed by atoms with Crippen molar-refractivity contribution in [2.75, 3.05) is 31.3 Å². The Hall–Kier alpha value is -2.08. The van der Waals surface area contributed by atoms with Gasteiger partial charge in [0.25, 0.3) is 5.91 Å². The summed E-state index contributed by atoms with van der Waals surface area (Å²) in [5, 5.41) is 5.94. The monoisotopic (exact) mass is 304 g/mol. The molecule has 1 heterocycles. The Morgan fingerprint density at radius 1 is 1.43 bits per heavy atom. The number of carbonyl (C=O) groups excluding carboxylic acids is 1. The van der Waals surface area contributed by atoms with E-state index in [0.717, 1.165) is 22.8 Å². The minimum Gasteiger partial charge on any atom is -0.397 e. The Bertz CT molecular complexity index is 636. The summed E-state index contributed by atoms with van der Waals surface area (Å²) in [5.41, 5.74) is 9.06. The Balaban J connectivity index is 1.92. The van der Waals surface area contributed by atoms with Crippen LogP contribution in [0.4, 0.5) is 11.4 Å². The Morgan fingerprint density at radius 3 is 2.76 bits per heavy atom. The van der Waals surface area contributed by atoms with Gasteiger partial charge in [0.05, 0.1) is 16.4 Å². The van der Waals surface area contributed by atoms with E-state index in [1.165, 1.54) is 0 Å². The molecule has 0 unspecified atom stereocenters. The fourth-order valence-corrected chi connectivity index (χ4v) is 2.78. The van der Waals surface area contributed by atoms with E-state index in [-0.39, 0.29) is 5.91 Å². The number of rotatable bonds is 5. The van der Waals surface area contributed by atoms with Crippen molar-refractivity contribution in [2.24, 2.45) is 0 Å². The molecule has 0 saturated heterocycles. The topological polar surface area (TPSA) is 71.2 Å². The highest BCUT2D eigenvalue weighted by atomic mass is 32.1. The lowest BCUT2D eigenvalue weighted by Crippen LogP contribution is -2.26. The van der Waals surface area contributed by atoms with Crippen molar-refractivity contribution < 1.29 is 4.79 Å². The molecule has 1 aromatic carbocycles. The largest absolute Gasteiger partial charge is 0.397 e. The molecule has 2 rings (SSSR count). The van der Waals surface area contributed by atoms with Crippen LogP contribution in [-0.2, 0) is 6.42 Å². The number of nitrogens with two attached hydrogens (primary N) is 1. The molecule has 0 atom stereocenters. The summed E-state index contributed by atoms with van der Waals surface area (Å²) in [6.45, 7) is 2.54. The number of nitrogens with one attached hydrogen (secondary N) is 1. The highest BCUT2D eigenvalue weighted by molar-refractivity contribution is 7.09. The third-order valence-corrected chi connectivity index (χ3v) is 4.09. The van der Waals surface area contributed by atoms with E-state index in [2.05, 4.69) is 10.3 Å². The number of amides is 1. The third kappa shape index (κ3) is 3.95. The fraction of sp³-hybridized carbons (Fsp3) is 0.333. The average Bonchev–Trinajstić information content (AvgIpc) is 2.83. The second-order valence-corrected chi connectivity index (χ2v) is 6.00. The van der Waals surface area contributed by atoms with E-state index >= 15 is 0 Å². The molecule has 21 heavy (non-hydrogen) atoms. The predicted octanol–water partition coefficient (Wildman–Crippen LogP) is 2.07. The van der Waals surface area contributed by atoms with Crippen LogP contribution in [0.1, 0.15) is 21.1 Å². The first-order chi connectivity index (χ1) is 9.97. The van der Waals surface area contributed by atoms with Gasteiger partial charge in [0.1, 0.15) is 0 Å². The molecule has 0 aliphatic heterocycles. The molecule has 5 nitrogen and oxygen atoms in total. The first-order valence-corrected chi connectivity index (χ1v) is 7.61. The van der Waals surface area contributed by atoms with Gasteiger partial charge in [-0.15, -0.1) is 11.3 Å². The molecule has 0 fully saturated rings. The molecule has 0 radical (unpaired) electrons. The van der Waals surface area contributed by atoms with E-state index in [1.54, 1.807) is 23.5 Å². The molecule has 0 aliphatic rings. The van der Waals surface area contributed by atoms with Crippen LogP contribution < -0.4 is 16.0 Å². The summed E-state index contributed by atoms with van der Waals surface area (Å²) in [4.78, 5) is 18.4. The van der Waals surface area contributed by atoms with Gasteiger partial charge in [-0.25, -0.2) is 4.98 Å². The van der Waals surface area contributed by atoms with E-state index < -0.39 is 0 Å². The molecule has 1 aromatic heterocycles. The second-order valence-electron chi connectivity index (χ2n) is 5.06. The van der Waals surface area contributed by atoms with Gasteiger partial charge >= 0.3 is 0 Å². The zero-order valence-electron chi connectivity index (χ0n) is 12.5. The number of benzene rings is 1. The summed E-state index contributed by atoms with van der Waals surface area (Å²) in [6.07, 6.45) is 0.746. The molecule has 3 N–H and O–H groups in total. The molecule has 0 saturated carbocycles. The summed E-state index contributed by atoms with van der Waals surface area (Å²) < 4.78 is 0. The van der Waals surface area contributed by atoms with Crippen molar-refractivity contribution >= 4 is 28.6 Å². The lowest BCUT2D eigenvalue weighted by Gasteiger charge is -2.15. The van der Waals surface area contributed by atoms with E-state index in [9.17, 15) is 4.79 Å². The number of nitrogen functional groups attached to an aromatic ring is 1. The zero-order chi connectivity index (χ0) is 15.4. The van der Waals surface area contributed by atoms with Crippen molar-refractivity contribution in [1.82, 2.24) is 10.3 Å². The standard InChI is InChI=1S/C15H20N4OS/c1-10-9-21-14(18-10)6-7-17-15(20)11-4-5-13(19(2)3)12(16)8-11/h4-5,8-9H,6-7,16H2,1-3H3,(H,17,20). The Labute approximate surface area is 128 Å². The van der Waals surface area contributed by atoms with Crippen LogP contribution in [0.5, 0.6) is 0 Å². The number of aromatic nitrogens is 1. The summed E-state index contributed by atoms with van der Waals surface area (Å²) in [5.74, 6) is -0.111. The van der Waals surface area contributed by atoms with Gasteiger partial charge in [-0.3, -0.25) is 4.79 Å². The first kappa shape index (κ1) is 15.3. The van der Waals surface area contributed by atoms with Crippen LogP contribution in [0.2, 0.25) is 0 Å². The zero-order valence-corrected chi connectivity index (χ0v) is 13.3. The van der Waals surface area contributed by atoms with Crippen LogP contribution in [0.25, 0.3) is 0 Å². The second kappa shape index (κ2) is 6.58. The normalized spacial score (nSPS) is 10.4. The van der Waals surface area contributed by atoms with E-state index in [0.29, 0.717) is 17.8 Å². The van der Waals surface area contributed by atoms with Crippen LogP contribution >= 0.6 is 11.3 Å². The lowest BCUT2D eigenvalue weighted by atomic mass is 10.1. The number of nitrogens with zero attached hydrogens (tertiary/aromatic N) is 2. The number of thiazole rings is 1. The average molecular weight is 304 g/mol. The predicted molar refractivity (Wildman–Crippen MR) is 88.1 cm³/mol. The maximum absolute atomic E-state index is 12.1. The van der Waals surface area contributed by atoms with Gasteiger partial charge < -0.3 is 16.0 Å². The van der Waals surface area contributed by atoms with Crippen LogP contribution in [-0.4, -0.2) is 31.5 Å². The lowest BCUT2D eigenvalue weighted by molar-refractivity contribution is 0.0954. The summed E-state index contributed by atoms with van der Waals surface area (Å²) in [7, 11) is 3.84. The maximum atomic E-state index is 12.1. The van der Waals surface area contributed by atoms with Gasteiger partial charge in [0.2, 0.25) is 0 Å². The van der Waals surface area contributed by atoms with Crippen molar-refractivity contribution in [3.8, 4) is 0 Å². The number of hydrogen-bond donors (Lipinski definition) is 2. The van der Waals surface area contributed by atoms with Crippen LogP contribution in [0.3, 0.4) is 0 Å². The van der Waals surface area contributed by atoms with E-state index in [1.807, 2.05) is 37.4 Å². The Morgan fingerprint density at radius 2 is 2.19 bits per heavy atom. The van der Waals surface area contributed by atoms with Gasteiger partial charge in [0.15, 0.2) is 0 Å². The summed E-state index contributed by atoms with van der Waals surface area (Å²) in [6, 6.07) is 5.35. The van der Waals surface area contributed by atoms with Gasteiger partial charge in [-0.1, -0.05) is 0 Å². The number of carbonyl (C=O) groups is 1. The van der Waals surface area contributed by atoms with Gasteiger partial charge in [-0.05, 0) is 25.1 Å². The number of anilines is 2. The first-order valence-electron chi connectivity index (χ1n) is 6.73. The maximum Gasteiger partial charge on any atom is 0.251 e. The number of hydrogen-bond acceptors (Lipinski definition) is 5. The molecule has 112 valence electrons. The smallest absolute Gasteiger partial charge is 0.251 e. The van der Waals surface area contributed by atoms with Crippen LogP contribution in [0, 0.1) is 6.92 Å². The van der Waals surface area contributed by atoms with Crippen molar-refractivity contribution in [1.29, 1.82) is 0 Å². The molecule has 0 bridgehead atoms. The molecule has 0 spiro atoms. The highest BCUT2D eigenvalue weighted by Crippen LogP contribution is 2.22. The Kier molecular flexibility index (Phi) is 4.80. The molecular weight excluding hydrogens is 284 g/mol. The third-order valence-electron chi connectivity index (χ3n) is 3.06. The summed E-state index contributed by atoms with van der Waals surface area (Å²) >= 11 is 1.62. The van der Waals surface area contributed by atoms with Crippen LogP contribution in [0.15, 0.2) is 23.6 Å². The van der Waals surface area contributed by atoms with E-state index in [4.69, 9.17) is 5.73 Å². The highest BCUT2D eigenvalue weighted by Gasteiger charge is 2.09. The fourth-order valence-electron chi connectivity index (χ4n) is 2.01.